The quantitative estimate of drug-likeness (QED) is 0.705. The van der Waals surface area contributed by atoms with Crippen molar-refractivity contribution in [3.63, 3.8) is 0 Å². The van der Waals surface area contributed by atoms with Gasteiger partial charge in [-0.1, -0.05) is 23.7 Å². The summed E-state index contributed by atoms with van der Waals surface area (Å²) in [5.74, 6) is 1.17. The van der Waals surface area contributed by atoms with Crippen LogP contribution in [0.25, 0.3) is 0 Å². The van der Waals surface area contributed by atoms with Gasteiger partial charge >= 0.3 is 5.69 Å². The van der Waals surface area contributed by atoms with Gasteiger partial charge in [0.15, 0.2) is 11.5 Å². The third-order valence-corrected chi connectivity index (χ3v) is 3.93. The average Bonchev–Trinajstić information content (AvgIpc) is 2.66. The first-order chi connectivity index (χ1) is 13.1. The monoisotopic (exact) mass is 383 g/mol. The molecule has 0 unspecified atom stereocenters. The van der Waals surface area contributed by atoms with E-state index in [-0.39, 0.29) is 13.2 Å². The van der Waals surface area contributed by atoms with E-state index in [1.807, 2.05) is 6.07 Å². The lowest BCUT2D eigenvalue weighted by atomic mass is 10.2. The molecule has 8 heteroatoms. The Hall–Kier alpha value is -3.50. The summed E-state index contributed by atoms with van der Waals surface area (Å²) in [5, 5.41) is 9.54. The van der Waals surface area contributed by atoms with Gasteiger partial charge < -0.3 is 9.47 Å². The van der Waals surface area contributed by atoms with Crippen molar-refractivity contribution in [1.82, 2.24) is 9.55 Å². The van der Waals surface area contributed by atoms with E-state index in [1.54, 1.807) is 42.5 Å². The van der Waals surface area contributed by atoms with Crippen LogP contribution in [-0.4, -0.2) is 16.2 Å². The first-order valence-corrected chi connectivity index (χ1v) is 8.34. The van der Waals surface area contributed by atoms with Gasteiger partial charge in [-0.15, -0.1) is 0 Å². The Bertz CT molecular complexity index is 1110. The lowest BCUT2D eigenvalue weighted by Crippen LogP contribution is -2.30. The summed E-state index contributed by atoms with van der Waals surface area (Å²) < 4.78 is 12.8. The molecule has 0 aliphatic rings. The Morgan fingerprint density at radius 3 is 2.63 bits per heavy atom. The molecule has 7 nitrogen and oxygen atoms in total. The molecule has 1 aromatic heterocycles. The number of halogens is 1. The topological polar surface area (TPSA) is 97.1 Å². The van der Waals surface area contributed by atoms with Crippen LogP contribution < -0.4 is 20.7 Å². The largest absolute Gasteiger partial charge is 0.488 e. The minimum Gasteiger partial charge on any atom is -0.488 e. The molecule has 0 saturated heterocycles. The highest BCUT2D eigenvalue weighted by atomic mass is 35.5. The zero-order chi connectivity index (χ0) is 19.2. The number of aromatic nitrogens is 2. The maximum absolute atomic E-state index is 11.7. The number of hydrogen-bond donors (Lipinski definition) is 1. The molecule has 27 heavy (non-hydrogen) atoms. The third-order valence-electron chi connectivity index (χ3n) is 3.62. The smallest absolute Gasteiger partial charge is 0.328 e. The maximum Gasteiger partial charge on any atom is 0.328 e. The van der Waals surface area contributed by atoms with E-state index < -0.39 is 11.2 Å². The Kier molecular flexibility index (Phi) is 5.59. The second kappa shape index (κ2) is 8.25. The second-order valence-corrected chi connectivity index (χ2v) is 5.86. The van der Waals surface area contributed by atoms with E-state index >= 15 is 0 Å². The Labute approximate surface area is 159 Å². The van der Waals surface area contributed by atoms with Gasteiger partial charge in [-0.05, 0) is 24.3 Å². The fraction of sp³-hybridized carbons (Fsp3) is 0.105. The van der Waals surface area contributed by atoms with Crippen molar-refractivity contribution >= 4 is 11.6 Å². The highest BCUT2D eigenvalue weighted by molar-refractivity contribution is 6.32. The molecule has 0 saturated carbocycles. The molecule has 0 radical (unpaired) electrons. The molecule has 3 aromatic rings. The molecule has 0 aliphatic heterocycles. The van der Waals surface area contributed by atoms with Crippen LogP contribution in [-0.2, 0) is 6.54 Å². The fourth-order valence-electron chi connectivity index (χ4n) is 2.29. The molecule has 0 spiro atoms. The normalized spacial score (nSPS) is 10.2. The molecular formula is C19H14ClN3O4. The number of H-pyrrole nitrogens is 1. The lowest BCUT2D eigenvalue weighted by Gasteiger charge is -2.14. The van der Waals surface area contributed by atoms with E-state index in [2.05, 4.69) is 4.98 Å². The highest BCUT2D eigenvalue weighted by Gasteiger charge is 2.10. The van der Waals surface area contributed by atoms with Gasteiger partial charge in [0.1, 0.15) is 12.4 Å². The number of hydrogen-bond acceptors (Lipinski definition) is 5. The molecule has 3 rings (SSSR count). The van der Waals surface area contributed by atoms with Crippen molar-refractivity contribution < 1.29 is 9.47 Å². The molecule has 0 bridgehead atoms. The third kappa shape index (κ3) is 4.57. The summed E-state index contributed by atoms with van der Waals surface area (Å²) in [4.78, 5) is 25.0. The number of nitrogens with zero attached hydrogens (tertiary/aromatic N) is 2. The Balaban J connectivity index is 1.79. The number of para-hydroxylation sites is 1. The number of nitrogens with one attached hydrogen (secondary N) is 1. The highest BCUT2D eigenvalue weighted by Crippen LogP contribution is 2.35. The van der Waals surface area contributed by atoms with Gasteiger partial charge in [-0.25, -0.2) is 4.79 Å². The molecule has 0 fully saturated rings. The predicted octanol–water partition coefficient (Wildman–Crippen LogP) is 2.93. The van der Waals surface area contributed by atoms with Crippen LogP contribution in [0, 0.1) is 11.3 Å². The van der Waals surface area contributed by atoms with E-state index in [0.717, 1.165) is 0 Å². The standard InChI is InChI=1S/C19H14ClN3O4/c20-14-3-1-2-4-15(14)27-16-6-5-13(12-21)11-17(16)26-10-9-23-8-7-18(24)22-19(23)25/h1-8,11H,9-10H2,(H,22,24,25). The van der Waals surface area contributed by atoms with Gasteiger partial charge in [0.25, 0.3) is 5.56 Å². The Morgan fingerprint density at radius 2 is 1.89 bits per heavy atom. The van der Waals surface area contributed by atoms with E-state index in [4.69, 9.17) is 26.3 Å². The first-order valence-electron chi connectivity index (χ1n) is 7.96. The molecule has 0 aliphatic carbocycles. The fourth-order valence-corrected chi connectivity index (χ4v) is 2.47. The molecule has 0 amide bonds. The maximum atomic E-state index is 11.7. The summed E-state index contributed by atoms with van der Waals surface area (Å²) in [6, 6.07) is 15.0. The van der Waals surface area contributed by atoms with Crippen LogP contribution in [0.2, 0.25) is 5.02 Å². The number of rotatable bonds is 6. The van der Waals surface area contributed by atoms with E-state index in [0.29, 0.717) is 27.8 Å². The van der Waals surface area contributed by atoms with Crippen molar-refractivity contribution in [3.8, 4) is 23.3 Å². The number of aromatic amines is 1. The molecule has 2 aromatic carbocycles. The Morgan fingerprint density at radius 1 is 1.07 bits per heavy atom. The summed E-state index contributed by atoms with van der Waals surface area (Å²) >= 11 is 6.11. The van der Waals surface area contributed by atoms with Crippen molar-refractivity contribution in [2.45, 2.75) is 6.54 Å². The minimum atomic E-state index is -0.524. The van der Waals surface area contributed by atoms with Crippen molar-refractivity contribution in [1.29, 1.82) is 5.26 Å². The zero-order valence-corrected chi connectivity index (χ0v) is 14.8. The van der Waals surface area contributed by atoms with Gasteiger partial charge in [0.05, 0.1) is 23.2 Å². The summed E-state index contributed by atoms with van der Waals surface area (Å²) in [5.41, 5.74) is -0.587. The van der Waals surface area contributed by atoms with Gasteiger partial charge in [0, 0.05) is 18.3 Å². The van der Waals surface area contributed by atoms with Crippen LogP contribution in [0.3, 0.4) is 0 Å². The van der Waals surface area contributed by atoms with E-state index in [1.165, 1.54) is 16.8 Å². The molecule has 136 valence electrons. The van der Waals surface area contributed by atoms with E-state index in [9.17, 15) is 9.59 Å². The average molecular weight is 384 g/mol. The van der Waals surface area contributed by atoms with Crippen LogP contribution >= 0.6 is 11.6 Å². The number of benzene rings is 2. The summed E-state index contributed by atoms with van der Waals surface area (Å²) in [6.45, 7) is 0.331. The van der Waals surface area contributed by atoms with Crippen molar-refractivity contribution in [3.05, 3.63) is 86.2 Å². The first kappa shape index (κ1) is 18.3. The predicted molar refractivity (Wildman–Crippen MR) is 99.5 cm³/mol. The van der Waals surface area contributed by atoms with Gasteiger partial charge in [-0.2, -0.15) is 5.26 Å². The number of ether oxygens (including phenoxy) is 2. The van der Waals surface area contributed by atoms with Crippen LogP contribution in [0.15, 0.2) is 64.3 Å². The van der Waals surface area contributed by atoms with Crippen molar-refractivity contribution in [2.24, 2.45) is 0 Å². The molecular weight excluding hydrogens is 370 g/mol. The van der Waals surface area contributed by atoms with Crippen LogP contribution in [0.5, 0.6) is 17.2 Å². The zero-order valence-electron chi connectivity index (χ0n) is 14.0. The van der Waals surface area contributed by atoms with Gasteiger partial charge in [-0.3, -0.25) is 14.3 Å². The molecule has 1 heterocycles. The second-order valence-electron chi connectivity index (χ2n) is 5.46. The summed E-state index contributed by atoms with van der Waals surface area (Å²) in [6.07, 6.45) is 1.39. The molecule has 0 atom stereocenters. The van der Waals surface area contributed by atoms with Crippen LogP contribution in [0.1, 0.15) is 5.56 Å². The summed E-state index contributed by atoms with van der Waals surface area (Å²) in [7, 11) is 0. The van der Waals surface area contributed by atoms with Crippen molar-refractivity contribution in [2.75, 3.05) is 6.61 Å². The molecule has 1 N–H and O–H groups in total. The van der Waals surface area contributed by atoms with Crippen LogP contribution in [0.4, 0.5) is 0 Å². The van der Waals surface area contributed by atoms with Gasteiger partial charge in [0.2, 0.25) is 0 Å². The number of nitriles is 1. The SMILES string of the molecule is N#Cc1ccc(Oc2ccccc2Cl)c(OCCn2ccc(=O)[nH]c2=O)c1. The minimum absolute atomic E-state index is 0.125. The lowest BCUT2D eigenvalue weighted by molar-refractivity contribution is 0.283.